The average Bonchev–Trinajstić information content (AvgIpc) is 3.05. The first-order chi connectivity index (χ1) is 7.84. The van der Waals surface area contributed by atoms with Crippen molar-refractivity contribution in [2.24, 2.45) is 0 Å². The summed E-state index contributed by atoms with van der Waals surface area (Å²) < 4.78 is 2.47. The zero-order valence-electron chi connectivity index (χ0n) is 9.34. The van der Waals surface area contributed by atoms with Crippen LogP contribution in [-0.4, -0.2) is 17.2 Å². The van der Waals surface area contributed by atoms with Crippen molar-refractivity contribution < 1.29 is 0 Å². The molecule has 0 amide bonds. The zero-order chi connectivity index (χ0) is 11.0. The van der Waals surface area contributed by atoms with Crippen molar-refractivity contribution in [2.75, 3.05) is 12.9 Å². The molecule has 1 unspecified atom stereocenters. The van der Waals surface area contributed by atoms with Gasteiger partial charge in [-0.2, -0.15) is 0 Å². The first-order valence-electron chi connectivity index (χ1n) is 5.46. The lowest BCUT2D eigenvalue weighted by atomic mass is 10.4. The number of nitrogens with zero attached hydrogens (tertiary/aromatic N) is 1. The van der Waals surface area contributed by atoms with Gasteiger partial charge in [-0.25, -0.2) is 0 Å². The molecule has 0 bridgehead atoms. The summed E-state index contributed by atoms with van der Waals surface area (Å²) in [5.74, 6) is 1.20. The first kappa shape index (κ1) is 9.94. The first-order valence-corrected chi connectivity index (χ1v) is 7.22. The summed E-state index contributed by atoms with van der Waals surface area (Å²) in [6, 6.07) is 21.8. The SMILES string of the molecule is CN1CS1(c1ccccc1)c1ccccc1. The molecule has 1 aliphatic rings. The van der Waals surface area contributed by atoms with Gasteiger partial charge < -0.3 is 0 Å². The van der Waals surface area contributed by atoms with Crippen molar-refractivity contribution in [1.82, 2.24) is 4.31 Å². The van der Waals surface area contributed by atoms with Gasteiger partial charge in [0.05, 0.1) is 5.88 Å². The van der Waals surface area contributed by atoms with Crippen molar-refractivity contribution in [3.63, 3.8) is 0 Å². The van der Waals surface area contributed by atoms with E-state index < -0.39 is 10.2 Å². The molecule has 1 atom stereocenters. The maximum Gasteiger partial charge on any atom is 0.0576 e. The zero-order valence-corrected chi connectivity index (χ0v) is 10.2. The van der Waals surface area contributed by atoms with Crippen molar-refractivity contribution in [3.05, 3.63) is 60.7 Å². The van der Waals surface area contributed by atoms with E-state index in [0.29, 0.717) is 0 Å². The third-order valence-electron chi connectivity index (χ3n) is 3.09. The summed E-state index contributed by atoms with van der Waals surface area (Å²) >= 11 is 0. The molecule has 0 aliphatic carbocycles. The van der Waals surface area contributed by atoms with E-state index in [-0.39, 0.29) is 0 Å². The molecule has 2 aromatic rings. The lowest BCUT2D eigenvalue weighted by molar-refractivity contribution is 0.777. The summed E-state index contributed by atoms with van der Waals surface area (Å²) in [4.78, 5) is 2.95. The minimum Gasteiger partial charge on any atom is -0.251 e. The minimum absolute atomic E-state index is 0.834. The topological polar surface area (TPSA) is 3.01 Å². The molecule has 1 saturated heterocycles. The van der Waals surface area contributed by atoms with Crippen LogP contribution in [-0.2, 0) is 0 Å². The molecule has 3 rings (SSSR count). The van der Waals surface area contributed by atoms with Crippen LogP contribution in [0.15, 0.2) is 70.5 Å². The molecule has 0 N–H and O–H groups in total. The Balaban J connectivity index is 2.10. The molecule has 1 fully saturated rings. The summed E-state index contributed by atoms with van der Waals surface area (Å²) in [5, 5.41) is 0. The molecular weight excluding hydrogens is 214 g/mol. The van der Waals surface area contributed by atoms with E-state index in [0.717, 1.165) is 0 Å². The summed E-state index contributed by atoms with van der Waals surface area (Å²) in [6.07, 6.45) is 0. The Morgan fingerprint density at radius 3 is 1.50 bits per heavy atom. The Hall–Kier alpha value is -1.25. The van der Waals surface area contributed by atoms with Crippen LogP contribution in [0.1, 0.15) is 0 Å². The number of hydrogen-bond acceptors (Lipinski definition) is 1. The van der Waals surface area contributed by atoms with Gasteiger partial charge in [-0.3, -0.25) is 4.31 Å². The molecule has 2 heteroatoms. The fraction of sp³-hybridized carbons (Fsp3) is 0.143. The fourth-order valence-electron chi connectivity index (χ4n) is 2.18. The molecule has 0 radical (unpaired) electrons. The van der Waals surface area contributed by atoms with E-state index in [9.17, 15) is 0 Å². The van der Waals surface area contributed by atoms with Crippen LogP contribution in [0.2, 0.25) is 0 Å². The third kappa shape index (κ3) is 1.38. The smallest absolute Gasteiger partial charge is 0.0576 e. The second-order valence-electron chi connectivity index (χ2n) is 4.09. The Labute approximate surface area is 98.2 Å². The third-order valence-corrected chi connectivity index (χ3v) is 6.85. The Morgan fingerprint density at radius 1 is 0.812 bits per heavy atom. The Kier molecular flexibility index (Phi) is 2.27. The van der Waals surface area contributed by atoms with E-state index in [1.807, 2.05) is 0 Å². The molecule has 1 nitrogen and oxygen atoms in total. The molecule has 2 aromatic carbocycles. The van der Waals surface area contributed by atoms with Crippen molar-refractivity contribution in [3.8, 4) is 0 Å². The highest BCUT2D eigenvalue weighted by atomic mass is 32.3. The monoisotopic (exact) mass is 229 g/mol. The second-order valence-corrected chi connectivity index (χ2v) is 7.31. The summed E-state index contributed by atoms with van der Waals surface area (Å²) in [7, 11) is 1.38. The molecular formula is C14H15NS. The number of benzene rings is 2. The van der Waals surface area contributed by atoms with Gasteiger partial charge in [0, 0.05) is 9.79 Å². The Morgan fingerprint density at radius 2 is 1.19 bits per heavy atom. The number of hydrogen-bond donors (Lipinski definition) is 0. The van der Waals surface area contributed by atoms with Gasteiger partial charge in [0.1, 0.15) is 0 Å². The van der Waals surface area contributed by atoms with Crippen LogP contribution >= 0.6 is 10.2 Å². The lowest BCUT2D eigenvalue weighted by Crippen LogP contribution is -1.91. The van der Waals surface area contributed by atoms with E-state index in [2.05, 4.69) is 72.0 Å². The Bertz CT molecular complexity index is 441. The summed E-state index contributed by atoms with van der Waals surface area (Å²) in [6.45, 7) is 0. The van der Waals surface area contributed by atoms with Crippen LogP contribution in [0.25, 0.3) is 0 Å². The second kappa shape index (κ2) is 3.65. The molecule has 16 heavy (non-hydrogen) atoms. The van der Waals surface area contributed by atoms with Gasteiger partial charge >= 0.3 is 0 Å². The van der Waals surface area contributed by atoms with E-state index in [1.54, 1.807) is 0 Å². The van der Waals surface area contributed by atoms with Crippen molar-refractivity contribution in [1.29, 1.82) is 0 Å². The van der Waals surface area contributed by atoms with Crippen LogP contribution in [0.5, 0.6) is 0 Å². The van der Waals surface area contributed by atoms with Crippen LogP contribution in [0, 0.1) is 0 Å². The highest BCUT2D eigenvalue weighted by molar-refractivity contribution is 8.36. The van der Waals surface area contributed by atoms with Gasteiger partial charge in [-0.1, -0.05) is 36.4 Å². The van der Waals surface area contributed by atoms with Gasteiger partial charge in [0.15, 0.2) is 0 Å². The van der Waals surface area contributed by atoms with Gasteiger partial charge in [-0.05, 0) is 31.3 Å². The highest BCUT2D eigenvalue weighted by Gasteiger charge is 2.46. The standard InChI is InChI=1S/C14H15NS/c1-15-12-16(15,13-8-4-2-5-9-13)14-10-6-3-7-11-14/h2-11H,12H2,1H3. The average molecular weight is 229 g/mol. The summed E-state index contributed by atoms with van der Waals surface area (Å²) in [5.41, 5.74) is 0. The van der Waals surface area contributed by atoms with Crippen LogP contribution in [0.3, 0.4) is 0 Å². The normalized spacial score (nSPS) is 23.7. The van der Waals surface area contributed by atoms with E-state index in [4.69, 9.17) is 0 Å². The van der Waals surface area contributed by atoms with Gasteiger partial charge in [0.25, 0.3) is 0 Å². The molecule has 1 heterocycles. The molecule has 0 aromatic heterocycles. The van der Waals surface area contributed by atoms with Gasteiger partial charge in [0.2, 0.25) is 0 Å². The van der Waals surface area contributed by atoms with Crippen molar-refractivity contribution >= 4 is 10.2 Å². The van der Waals surface area contributed by atoms with Gasteiger partial charge in [-0.15, -0.1) is 10.2 Å². The molecule has 0 spiro atoms. The predicted octanol–water partition coefficient (Wildman–Crippen LogP) is 3.73. The molecule has 1 aliphatic heterocycles. The molecule has 82 valence electrons. The van der Waals surface area contributed by atoms with E-state index >= 15 is 0 Å². The van der Waals surface area contributed by atoms with Crippen molar-refractivity contribution in [2.45, 2.75) is 9.79 Å². The highest BCUT2D eigenvalue weighted by Crippen LogP contribution is 2.75. The largest absolute Gasteiger partial charge is 0.251 e. The fourth-order valence-corrected chi connectivity index (χ4v) is 5.48. The quantitative estimate of drug-likeness (QED) is 0.709. The van der Waals surface area contributed by atoms with E-state index in [1.165, 1.54) is 15.7 Å². The number of rotatable bonds is 2. The van der Waals surface area contributed by atoms with Crippen LogP contribution in [0.4, 0.5) is 0 Å². The van der Waals surface area contributed by atoms with Crippen LogP contribution < -0.4 is 0 Å². The lowest BCUT2D eigenvalue weighted by Gasteiger charge is -2.22. The minimum atomic E-state index is -0.834. The maximum absolute atomic E-state index is 2.47. The maximum atomic E-state index is 2.47. The predicted molar refractivity (Wildman–Crippen MR) is 69.6 cm³/mol. The molecule has 0 saturated carbocycles.